The maximum atomic E-state index is 12.9. The average Bonchev–Trinajstić information content (AvgIpc) is 1.97. The van der Waals surface area contributed by atoms with Crippen LogP contribution >= 0.6 is 31.9 Å². The molecule has 1 aromatic rings. The second kappa shape index (κ2) is 3.54. The van der Waals surface area contributed by atoms with Gasteiger partial charge in [-0.2, -0.15) is 0 Å². The van der Waals surface area contributed by atoms with Crippen LogP contribution < -0.4 is 5.73 Å². The van der Waals surface area contributed by atoms with E-state index in [-0.39, 0.29) is 5.82 Å². The van der Waals surface area contributed by atoms with E-state index in [1.165, 1.54) is 6.07 Å². The molecule has 0 bridgehead atoms. The van der Waals surface area contributed by atoms with E-state index in [0.717, 1.165) is 0 Å². The van der Waals surface area contributed by atoms with Crippen LogP contribution in [0.2, 0.25) is 0 Å². The first-order valence-electron chi connectivity index (χ1n) is 2.94. The van der Waals surface area contributed by atoms with Crippen molar-refractivity contribution in [2.24, 2.45) is 0 Å². The van der Waals surface area contributed by atoms with Crippen LogP contribution in [0.15, 0.2) is 16.6 Å². The number of alkyl halides is 1. The van der Waals surface area contributed by atoms with E-state index in [4.69, 9.17) is 5.73 Å². The van der Waals surface area contributed by atoms with Crippen molar-refractivity contribution in [1.82, 2.24) is 0 Å². The molecule has 1 nitrogen and oxygen atoms in total. The summed E-state index contributed by atoms with van der Waals surface area (Å²) in [5.41, 5.74) is 6.66. The van der Waals surface area contributed by atoms with Crippen molar-refractivity contribution in [2.45, 2.75) is 5.33 Å². The maximum Gasteiger partial charge on any atom is 0.128 e. The molecule has 0 aliphatic rings. The summed E-state index contributed by atoms with van der Waals surface area (Å²) in [5.74, 6) is -0.247. The van der Waals surface area contributed by atoms with Crippen molar-refractivity contribution in [3.05, 3.63) is 28.0 Å². The van der Waals surface area contributed by atoms with Crippen molar-refractivity contribution in [3.63, 3.8) is 0 Å². The lowest BCUT2D eigenvalue weighted by atomic mass is 10.2. The first kappa shape index (κ1) is 9.00. The first-order chi connectivity index (χ1) is 5.15. The monoisotopic (exact) mass is 281 g/mol. The lowest BCUT2D eigenvalue weighted by molar-refractivity contribution is 0.617. The van der Waals surface area contributed by atoms with E-state index in [1.807, 2.05) is 0 Å². The van der Waals surface area contributed by atoms with Gasteiger partial charge in [-0.3, -0.25) is 0 Å². The van der Waals surface area contributed by atoms with Gasteiger partial charge in [-0.15, -0.1) is 0 Å². The van der Waals surface area contributed by atoms with Crippen LogP contribution in [0, 0.1) is 5.82 Å². The second-order valence-corrected chi connectivity index (χ2v) is 3.51. The number of hydrogen-bond acceptors (Lipinski definition) is 1. The number of anilines is 1. The Morgan fingerprint density at radius 3 is 2.64 bits per heavy atom. The maximum absolute atomic E-state index is 12.9. The molecule has 60 valence electrons. The van der Waals surface area contributed by atoms with Crippen LogP contribution in [-0.4, -0.2) is 0 Å². The molecule has 0 unspecified atom stereocenters. The number of halogens is 3. The Kier molecular flexibility index (Phi) is 2.90. The quantitative estimate of drug-likeness (QED) is 0.622. The SMILES string of the molecule is Nc1cc(CBr)c(F)cc1Br. The Labute approximate surface area is 81.0 Å². The summed E-state index contributed by atoms with van der Waals surface area (Å²) in [6, 6.07) is 2.97. The molecular weight excluding hydrogens is 277 g/mol. The molecule has 4 heteroatoms. The Balaban J connectivity index is 3.21. The molecule has 11 heavy (non-hydrogen) atoms. The van der Waals surface area contributed by atoms with E-state index >= 15 is 0 Å². The summed E-state index contributed by atoms with van der Waals surface area (Å²) in [7, 11) is 0. The van der Waals surface area contributed by atoms with Crippen molar-refractivity contribution < 1.29 is 4.39 Å². The normalized spacial score (nSPS) is 10.1. The zero-order valence-corrected chi connectivity index (χ0v) is 8.75. The standard InChI is InChI=1S/C7H6Br2FN/c8-3-4-1-7(11)5(9)2-6(4)10/h1-2H,3,11H2. The van der Waals surface area contributed by atoms with Crippen LogP contribution in [0.5, 0.6) is 0 Å². The van der Waals surface area contributed by atoms with Gasteiger partial charge in [0.05, 0.1) is 0 Å². The number of rotatable bonds is 1. The Hall–Kier alpha value is -0.0900. The van der Waals surface area contributed by atoms with Crippen molar-refractivity contribution in [1.29, 1.82) is 0 Å². The zero-order chi connectivity index (χ0) is 8.43. The Morgan fingerprint density at radius 2 is 2.09 bits per heavy atom. The fourth-order valence-corrected chi connectivity index (χ4v) is 1.46. The van der Waals surface area contributed by atoms with Crippen molar-refractivity contribution in [3.8, 4) is 0 Å². The van der Waals surface area contributed by atoms with E-state index in [1.54, 1.807) is 6.07 Å². The summed E-state index contributed by atoms with van der Waals surface area (Å²) in [6.07, 6.45) is 0. The van der Waals surface area contributed by atoms with E-state index in [9.17, 15) is 4.39 Å². The zero-order valence-electron chi connectivity index (χ0n) is 5.57. The van der Waals surface area contributed by atoms with Crippen LogP contribution in [-0.2, 0) is 5.33 Å². The number of nitrogens with two attached hydrogens (primary N) is 1. The van der Waals surface area contributed by atoms with Crippen LogP contribution in [0.4, 0.5) is 10.1 Å². The van der Waals surface area contributed by atoms with Gasteiger partial charge in [0.1, 0.15) is 5.82 Å². The third-order valence-corrected chi connectivity index (χ3v) is 2.60. The molecule has 0 amide bonds. The van der Waals surface area contributed by atoms with Gasteiger partial charge in [0.2, 0.25) is 0 Å². The number of benzene rings is 1. The Morgan fingerprint density at radius 1 is 1.45 bits per heavy atom. The predicted molar refractivity (Wildman–Crippen MR) is 51.1 cm³/mol. The van der Waals surface area contributed by atoms with E-state index < -0.39 is 0 Å². The minimum Gasteiger partial charge on any atom is -0.398 e. The molecule has 0 saturated heterocycles. The number of nitrogen functional groups attached to an aromatic ring is 1. The van der Waals surface area contributed by atoms with Crippen molar-refractivity contribution in [2.75, 3.05) is 5.73 Å². The van der Waals surface area contributed by atoms with Crippen LogP contribution in [0.3, 0.4) is 0 Å². The molecule has 0 radical (unpaired) electrons. The molecule has 0 fully saturated rings. The molecule has 0 aliphatic heterocycles. The highest BCUT2D eigenvalue weighted by Crippen LogP contribution is 2.24. The molecule has 1 rings (SSSR count). The highest BCUT2D eigenvalue weighted by atomic mass is 79.9. The fourth-order valence-electron chi connectivity index (χ4n) is 0.715. The molecule has 0 atom stereocenters. The van der Waals surface area contributed by atoms with Gasteiger partial charge in [-0.1, -0.05) is 15.9 Å². The first-order valence-corrected chi connectivity index (χ1v) is 4.86. The van der Waals surface area contributed by atoms with Gasteiger partial charge in [0, 0.05) is 21.1 Å². The third-order valence-electron chi connectivity index (χ3n) is 1.31. The largest absolute Gasteiger partial charge is 0.398 e. The summed E-state index contributed by atoms with van der Waals surface area (Å²) >= 11 is 6.29. The van der Waals surface area contributed by atoms with Crippen molar-refractivity contribution >= 4 is 37.5 Å². The topological polar surface area (TPSA) is 26.0 Å². The smallest absolute Gasteiger partial charge is 0.128 e. The van der Waals surface area contributed by atoms with Crippen LogP contribution in [0.1, 0.15) is 5.56 Å². The summed E-state index contributed by atoms with van der Waals surface area (Å²) in [4.78, 5) is 0. The molecule has 0 aromatic heterocycles. The van der Waals surface area contributed by atoms with Gasteiger partial charge in [0.25, 0.3) is 0 Å². The van der Waals surface area contributed by atoms with E-state index in [2.05, 4.69) is 31.9 Å². The lowest BCUT2D eigenvalue weighted by Gasteiger charge is -2.02. The van der Waals surface area contributed by atoms with Crippen LogP contribution in [0.25, 0.3) is 0 Å². The molecular formula is C7H6Br2FN. The average molecular weight is 283 g/mol. The van der Waals surface area contributed by atoms with Gasteiger partial charge < -0.3 is 5.73 Å². The minimum atomic E-state index is -0.247. The summed E-state index contributed by atoms with van der Waals surface area (Å²) in [5, 5.41) is 0.482. The predicted octanol–water partition coefficient (Wildman–Crippen LogP) is 3.07. The molecule has 0 aliphatic carbocycles. The van der Waals surface area contributed by atoms with Gasteiger partial charge in [-0.25, -0.2) is 4.39 Å². The number of hydrogen-bond donors (Lipinski definition) is 1. The second-order valence-electron chi connectivity index (χ2n) is 2.10. The minimum absolute atomic E-state index is 0.247. The highest BCUT2D eigenvalue weighted by Gasteiger charge is 2.03. The van der Waals surface area contributed by atoms with Gasteiger partial charge in [0.15, 0.2) is 0 Å². The summed E-state index contributed by atoms with van der Waals surface area (Å²) in [6.45, 7) is 0. The molecule has 0 spiro atoms. The molecule has 0 saturated carbocycles. The fraction of sp³-hybridized carbons (Fsp3) is 0.143. The third kappa shape index (κ3) is 1.93. The van der Waals surface area contributed by atoms with Gasteiger partial charge >= 0.3 is 0 Å². The Bertz CT molecular complexity index is 275. The highest BCUT2D eigenvalue weighted by molar-refractivity contribution is 9.10. The molecule has 2 N–H and O–H groups in total. The lowest BCUT2D eigenvalue weighted by Crippen LogP contribution is -1.92. The van der Waals surface area contributed by atoms with E-state index in [0.29, 0.717) is 21.1 Å². The van der Waals surface area contributed by atoms with Gasteiger partial charge in [-0.05, 0) is 28.1 Å². The summed E-state index contributed by atoms with van der Waals surface area (Å²) < 4.78 is 13.5. The molecule has 1 aromatic carbocycles. The molecule has 0 heterocycles.